The first-order chi connectivity index (χ1) is 11.8. The predicted molar refractivity (Wildman–Crippen MR) is 83.6 cm³/mol. The molecule has 11 heteroatoms. The molecule has 1 aliphatic heterocycles. The Kier molecular flexibility index (Phi) is 4.55. The van der Waals surface area contributed by atoms with Gasteiger partial charge < -0.3 is 4.90 Å². The van der Waals surface area contributed by atoms with E-state index in [1.54, 1.807) is 4.90 Å². The first kappa shape index (κ1) is 17.5. The number of nitro groups is 1. The minimum atomic E-state index is -4.48. The molecule has 1 atom stereocenters. The first-order valence-corrected chi connectivity index (χ1v) is 7.81. The zero-order valence-electron chi connectivity index (χ0n) is 12.8. The van der Waals surface area contributed by atoms with Gasteiger partial charge in [-0.2, -0.15) is 18.3 Å². The Bertz CT molecular complexity index is 795. The number of piperidine rings is 1. The van der Waals surface area contributed by atoms with E-state index in [0.29, 0.717) is 31.7 Å². The van der Waals surface area contributed by atoms with E-state index in [9.17, 15) is 23.3 Å². The molecule has 0 radical (unpaired) electrons. The van der Waals surface area contributed by atoms with Crippen molar-refractivity contribution in [2.45, 2.75) is 25.1 Å². The fourth-order valence-electron chi connectivity index (χ4n) is 2.81. The Balaban J connectivity index is 1.79. The van der Waals surface area contributed by atoms with E-state index in [-0.39, 0.29) is 16.8 Å². The van der Waals surface area contributed by atoms with Gasteiger partial charge in [0, 0.05) is 25.4 Å². The van der Waals surface area contributed by atoms with Gasteiger partial charge in [0.1, 0.15) is 12.0 Å². The highest BCUT2D eigenvalue weighted by atomic mass is 35.5. The number of alkyl halides is 3. The van der Waals surface area contributed by atoms with E-state index < -0.39 is 16.8 Å². The highest BCUT2D eigenvalue weighted by Crippen LogP contribution is 2.33. The summed E-state index contributed by atoms with van der Waals surface area (Å²) >= 11 is 6.08. The summed E-state index contributed by atoms with van der Waals surface area (Å²) in [5.41, 5.74) is -1.15. The Labute approximate surface area is 145 Å². The van der Waals surface area contributed by atoms with Gasteiger partial charge in [-0.3, -0.25) is 14.8 Å². The van der Waals surface area contributed by atoms with Crippen molar-refractivity contribution < 1.29 is 18.1 Å². The molecule has 3 rings (SSSR count). The van der Waals surface area contributed by atoms with Crippen LogP contribution in [0.4, 0.5) is 24.7 Å². The Morgan fingerprint density at radius 1 is 1.40 bits per heavy atom. The van der Waals surface area contributed by atoms with Crippen molar-refractivity contribution >= 4 is 23.1 Å². The third-order valence-corrected chi connectivity index (χ3v) is 4.27. The third-order valence-electron chi connectivity index (χ3n) is 3.99. The number of nitrogens with zero attached hydrogens (tertiary/aromatic N) is 5. The molecule has 1 unspecified atom stereocenters. The van der Waals surface area contributed by atoms with Gasteiger partial charge in [-0.25, -0.2) is 4.98 Å². The normalized spacial score (nSPS) is 18.4. The lowest BCUT2D eigenvalue weighted by Gasteiger charge is -2.34. The minimum absolute atomic E-state index is 0.131. The van der Waals surface area contributed by atoms with Crippen LogP contribution in [-0.4, -0.2) is 32.8 Å². The zero-order chi connectivity index (χ0) is 18.2. The van der Waals surface area contributed by atoms with Gasteiger partial charge >= 0.3 is 6.18 Å². The van der Waals surface area contributed by atoms with Crippen LogP contribution in [0, 0.1) is 10.1 Å². The van der Waals surface area contributed by atoms with E-state index in [2.05, 4.69) is 10.1 Å². The summed E-state index contributed by atoms with van der Waals surface area (Å²) in [5.74, 6) is 0.375. The molecule has 1 saturated heterocycles. The monoisotopic (exact) mass is 375 g/mol. The Hall–Kier alpha value is -2.36. The van der Waals surface area contributed by atoms with E-state index in [0.717, 1.165) is 12.3 Å². The molecule has 3 heterocycles. The van der Waals surface area contributed by atoms with E-state index >= 15 is 0 Å². The van der Waals surface area contributed by atoms with Gasteiger partial charge in [-0.1, -0.05) is 11.6 Å². The van der Waals surface area contributed by atoms with Crippen LogP contribution >= 0.6 is 11.6 Å². The lowest BCUT2D eigenvalue weighted by Crippen LogP contribution is -2.37. The maximum atomic E-state index is 12.7. The third kappa shape index (κ3) is 3.68. The number of pyridine rings is 1. The largest absolute Gasteiger partial charge is 0.435 e. The maximum Gasteiger partial charge on any atom is 0.435 e. The molecule has 0 aliphatic carbocycles. The fourth-order valence-corrected chi connectivity index (χ4v) is 3.09. The van der Waals surface area contributed by atoms with Crippen molar-refractivity contribution in [3.8, 4) is 0 Å². The van der Waals surface area contributed by atoms with Gasteiger partial charge in [0.25, 0.3) is 5.69 Å². The van der Waals surface area contributed by atoms with Crippen LogP contribution in [0.3, 0.4) is 0 Å². The molecule has 134 valence electrons. The van der Waals surface area contributed by atoms with Crippen LogP contribution in [-0.2, 0) is 6.18 Å². The van der Waals surface area contributed by atoms with Crippen LogP contribution in [0.25, 0.3) is 0 Å². The Morgan fingerprint density at radius 2 is 2.16 bits per heavy atom. The standard InChI is InChI=1S/C14H13ClF3N5O2/c15-11-6-10(23(24)25)7-19-13(11)21-4-1-2-9(8-21)22-5-3-12(20-22)14(16,17)18/h3,5-7,9H,1-2,4,8H2. The SMILES string of the molecule is O=[N+]([O-])c1cnc(N2CCCC(n3ccc(C(F)(F)F)n3)C2)c(Cl)c1. The fraction of sp³-hybridized carbons (Fsp3) is 0.429. The van der Waals surface area contributed by atoms with Crippen LogP contribution in [0.2, 0.25) is 5.02 Å². The number of rotatable bonds is 3. The van der Waals surface area contributed by atoms with Crippen molar-refractivity contribution in [2.24, 2.45) is 0 Å². The molecule has 25 heavy (non-hydrogen) atoms. The van der Waals surface area contributed by atoms with Crippen molar-refractivity contribution in [3.05, 3.63) is 45.4 Å². The second-order valence-corrected chi connectivity index (χ2v) is 6.08. The molecule has 0 aromatic carbocycles. The van der Waals surface area contributed by atoms with Crippen LogP contribution in [0.1, 0.15) is 24.6 Å². The summed E-state index contributed by atoms with van der Waals surface area (Å²) in [6.45, 7) is 0.970. The van der Waals surface area contributed by atoms with Crippen molar-refractivity contribution in [1.29, 1.82) is 0 Å². The molecule has 0 saturated carbocycles. The lowest BCUT2D eigenvalue weighted by molar-refractivity contribution is -0.385. The van der Waals surface area contributed by atoms with Crippen molar-refractivity contribution in [2.75, 3.05) is 18.0 Å². The van der Waals surface area contributed by atoms with E-state index in [1.807, 2.05) is 0 Å². The quantitative estimate of drug-likeness (QED) is 0.604. The molecule has 0 bridgehead atoms. The van der Waals surface area contributed by atoms with E-state index in [1.165, 1.54) is 16.9 Å². The van der Waals surface area contributed by atoms with E-state index in [4.69, 9.17) is 11.6 Å². The Morgan fingerprint density at radius 3 is 2.76 bits per heavy atom. The molecule has 1 fully saturated rings. The molecule has 0 spiro atoms. The molecular formula is C14H13ClF3N5O2. The molecule has 2 aromatic rings. The summed E-state index contributed by atoms with van der Waals surface area (Å²) in [6, 6.07) is 1.89. The highest BCUT2D eigenvalue weighted by Gasteiger charge is 2.34. The molecule has 0 N–H and O–H groups in total. The van der Waals surface area contributed by atoms with Crippen molar-refractivity contribution in [1.82, 2.24) is 14.8 Å². The number of halogens is 4. The minimum Gasteiger partial charge on any atom is -0.353 e. The second kappa shape index (κ2) is 6.51. The summed E-state index contributed by atoms with van der Waals surface area (Å²) in [7, 11) is 0. The number of aromatic nitrogens is 3. The first-order valence-electron chi connectivity index (χ1n) is 7.43. The molecule has 2 aromatic heterocycles. The van der Waals surface area contributed by atoms with Crippen LogP contribution in [0.15, 0.2) is 24.5 Å². The molecule has 1 aliphatic rings. The average Bonchev–Trinajstić information content (AvgIpc) is 3.05. The van der Waals surface area contributed by atoms with Gasteiger partial charge in [0.15, 0.2) is 5.69 Å². The average molecular weight is 376 g/mol. The molecular weight excluding hydrogens is 363 g/mol. The molecule has 0 amide bonds. The van der Waals surface area contributed by atoms with Crippen LogP contribution < -0.4 is 4.90 Å². The smallest absolute Gasteiger partial charge is 0.353 e. The van der Waals surface area contributed by atoms with Gasteiger partial charge in [0.2, 0.25) is 0 Å². The van der Waals surface area contributed by atoms with Gasteiger partial charge in [0.05, 0.1) is 16.0 Å². The molecule has 7 nitrogen and oxygen atoms in total. The second-order valence-electron chi connectivity index (χ2n) is 5.68. The number of anilines is 1. The maximum absolute atomic E-state index is 12.7. The summed E-state index contributed by atoms with van der Waals surface area (Å²) in [5, 5.41) is 14.5. The van der Waals surface area contributed by atoms with Gasteiger partial charge in [-0.15, -0.1) is 0 Å². The summed E-state index contributed by atoms with van der Waals surface area (Å²) in [4.78, 5) is 16.0. The van der Waals surface area contributed by atoms with Gasteiger partial charge in [-0.05, 0) is 18.9 Å². The number of hydrogen-bond donors (Lipinski definition) is 0. The topological polar surface area (TPSA) is 77.1 Å². The number of hydrogen-bond acceptors (Lipinski definition) is 5. The van der Waals surface area contributed by atoms with Crippen molar-refractivity contribution in [3.63, 3.8) is 0 Å². The zero-order valence-corrected chi connectivity index (χ0v) is 13.5. The van der Waals surface area contributed by atoms with Crippen LogP contribution in [0.5, 0.6) is 0 Å². The summed E-state index contributed by atoms with van der Waals surface area (Å²) in [6.07, 6.45) is -0.688. The summed E-state index contributed by atoms with van der Waals surface area (Å²) < 4.78 is 39.4. The predicted octanol–water partition coefficient (Wildman–Crippen LogP) is 3.70. The highest BCUT2D eigenvalue weighted by molar-refractivity contribution is 6.33. The lowest BCUT2D eigenvalue weighted by atomic mass is 10.1.